The SMILES string of the molecule is Cc1c(C)n(CCO)c2c(OCCC(C)C)nccc12. The van der Waals surface area contributed by atoms with E-state index in [9.17, 15) is 5.11 Å². The van der Waals surface area contributed by atoms with E-state index in [0.717, 1.165) is 23.0 Å². The highest BCUT2D eigenvalue weighted by molar-refractivity contribution is 5.88. The molecule has 0 atom stereocenters. The van der Waals surface area contributed by atoms with Crippen molar-refractivity contribution in [3.05, 3.63) is 23.5 Å². The summed E-state index contributed by atoms with van der Waals surface area (Å²) in [6.45, 7) is 9.89. The minimum absolute atomic E-state index is 0.115. The molecule has 110 valence electrons. The molecular formula is C16H24N2O2. The maximum absolute atomic E-state index is 9.27. The number of aryl methyl sites for hydroxylation is 1. The Balaban J connectivity index is 2.41. The van der Waals surface area contributed by atoms with E-state index in [1.807, 2.05) is 6.07 Å². The zero-order valence-corrected chi connectivity index (χ0v) is 12.8. The largest absolute Gasteiger partial charge is 0.476 e. The van der Waals surface area contributed by atoms with Crippen LogP contribution in [0.3, 0.4) is 0 Å². The lowest BCUT2D eigenvalue weighted by Gasteiger charge is -2.11. The molecule has 0 amide bonds. The summed E-state index contributed by atoms with van der Waals surface area (Å²) >= 11 is 0. The molecule has 0 aliphatic rings. The first-order valence-electron chi connectivity index (χ1n) is 7.24. The Kier molecular flexibility index (Phi) is 4.65. The van der Waals surface area contributed by atoms with Crippen LogP contribution in [-0.2, 0) is 6.54 Å². The molecule has 2 aromatic rings. The molecular weight excluding hydrogens is 252 g/mol. The maximum atomic E-state index is 9.27. The Labute approximate surface area is 120 Å². The van der Waals surface area contributed by atoms with Crippen LogP contribution in [0.2, 0.25) is 0 Å². The smallest absolute Gasteiger partial charge is 0.238 e. The third kappa shape index (κ3) is 2.80. The number of hydrogen-bond acceptors (Lipinski definition) is 3. The van der Waals surface area contributed by atoms with E-state index in [-0.39, 0.29) is 6.61 Å². The van der Waals surface area contributed by atoms with Crippen molar-refractivity contribution < 1.29 is 9.84 Å². The van der Waals surface area contributed by atoms with Gasteiger partial charge in [-0.05, 0) is 37.8 Å². The summed E-state index contributed by atoms with van der Waals surface area (Å²) in [4.78, 5) is 4.38. The van der Waals surface area contributed by atoms with E-state index in [1.165, 1.54) is 5.56 Å². The van der Waals surface area contributed by atoms with Crippen LogP contribution in [0, 0.1) is 19.8 Å². The van der Waals surface area contributed by atoms with Gasteiger partial charge in [-0.1, -0.05) is 13.8 Å². The molecule has 2 aromatic heterocycles. The molecule has 0 spiro atoms. The first-order valence-corrected chi connectivity index (χ1v) is 7.24. The zero-order chi connectivity index (χ0) is 14.7. The van der Waals surface area contributed by atoms with Crippen LogP contribution >= 0.6 is 0 Å². The van der Waals surface area contributed by atoms with Crippen LogP contribution in [0.25, 0.3) is 10.9 Å². The van der Waals surface area contributed by atoms with Crippen molar-refractivity contribution in [2.75, 3.05) is 13.2 Å². The summed E-state index contributed by atoms with van der Waals surface area (Å²) in [5.41, 5.74) is 3.39. The highest BCUT2D eigenvalue weighted by Crippen LogP contribution is 2.30. The van der Waals surface area contributed by atoms with Gasteiger partial charge in [0.2, 0.25) is 5.88 Å². The number of ether oxygens (including phenoxy) is 1. The molecule has 0 unspecified atom stereocenters. The van der Waals surface area contributed by atoms with Gasteiger partial charge in [0.25, 0.3) is 0 Å². The Morgan fingerprint density at radius 3 is 2.75 bits per heavy atom. The number of aliphatic hydroxyl groups is 1. The van der Waals surface area contributed by atoms with Gasteiger partial charge in [0.05, 0.1) is 13.2 Å². The average Bonchev–Trinajstić information content (AvgIpc) is 2.65. The van der Waals surface area contributed by atoms with Crippen molar-refractivity contribution >= 4 is 10.9 Å². The second kappa shape index (κ2) is 6.27. The van der Waals surface area contributed by atoms with Crippen molar-refractivity contribution in [2.24, 2.45) is 5.92 Å². The molecule has 2 rings (SSSR count). The van der Waals surface area contributed by atoms with Gasteiger partial charge >= 0.3 is 0 Å². The summed E-state index contributed by atoms with van der Waals surface area (Å²) in [5.74, 6) is 1.29. The quantitative estimate of drug-likeness (QED) is 0.882. The Hall–Kier alpha value is -1.55. The summed E-state index contributed by atoms with van der Waals surface area (Å²) in [5, 5.41) is 10.4. The van der Waals surface area contributed by atoms with Crippen LogP contribution in [0.5, 0.6) is 5.88 Å². The minimum atomic E-state index is 0.115. The lowest BCUT2D eigenvalue weighted by Crippen LogP contribution is -2.07. The van der Waals surface area contributed by atoms with Crippen LogP contribution < -0.4 is 4.74 Å². The Morgan fingerprint density at radius 2 is 2.10 bits per heavy atom. The summed E-state index contributed by atoms with van der Waals surface area (Å²) in [6.07, 6.45) is 2.81. The van der Waals surface area contributed by atoms with Crippen LogP contribution in [0.1, 0.15) is 31.5 Å². The second-order valence-electron chi connectivity index (χ2n) is 5.63. The average molecular weight is 276 g/mol. The van der Waals surface area contributed by atoms with Gasteiger partial charge in [0.1, 0.15) is 5.52 Å². The monoisotopic (exact) mass is 276 g/mol. The van der Waals surface area contributed by atoms with Gasteiger partial charge in [-0.15, -0.1) is 0 Å². The first kappa shape index (κ1) is 14.9. The van der Waals surface area contributed by atoms with Crippen molar-refractivity contribution in [3.8, 4) is 5.88 Å². The number of fused-ring (bicyclic) bond motifs is 1. The standard InChI is InChI=1S/C16H24N2O2/c1-11(2)6-10-20-16-15-14(5-7-17-16)12(3)13(4)18(15)8-9-19/h5,7,11,19H,6,8-10H2,1-4H3. The molecule has 0 aliphatic heterocycles. The molecule has 0 saturated heterocycles. The Morgan fingerprint density at radius 1 is 1.35 bits per heavy atom. The molecule has 0 aromatic carbocycles. The number of pyridine rings is 1. The maximum Gasteiger partial charge on any atom is 0.238 e. The van der Waals surface area contributed by atoms with E-state index >= 15 is 0 Å². The van der Waals surface area contributed by atoms with E-state index in [0.29, 0.717) is 24.9 Å². The fourth-order valence-electron chi connectivity index (χ4n) is 2.44. The molecule has 0 fully saturated rings. The van der Waals surface area contributed by atoms with E-state index in [4.69, 9.17) is 4.74 Å². The van der Waals surface area contributed by atoms with Crippen molar-refractivity contribution in [1.82, 2.24) is 9.55 Å². The molecule has 0 bridgehead atoms. The van der Waals surface area contributed by atoms with Crippen LogP contribution in [0.15, 0.2) is 12.3 Å². The van der Waals surface area contributed by atoms with E-state index < -0.39 is 0 Å². The van der Waals surface area contributed by atoms with Crippen molar-refractivity contribution in [1.29, 1.82) is 0 Å². The van der Waals surface area contributed by atoms with Crippen molar-refractivity contribution in [2.45, 2.75) is 40.7 Å². The predicted molar refractivity (Wildman–Crippen MR) is 81.2 cm³/mol. The molecule has 1 N–H and O–H groups in total. The molecule has 2 heterocycles. The number of hydrogen-bond donors (Lipinski definition) is 1. The lowest BCUT2D eigenvalue weighted by molar-refractivity contribution is 0.271. The van der Waals surface area contributed by atoms with Gasteiger partial charge < -0.3 is 14.4 Å². The number of nitrogens with zero attached hydrogens (tertiary/aromatic N) is 2. The second-order valence-corrected chi connectivity index (χ2v) is 5.63. The molecule has 20 heavy (non-hydrogen) atoms. The van der Waals surface area contributed by atoms with Crippen LogP contribution in [-0.4, -0.2) is 27.9 Å². The molecule has 0 aliphatic carbocycles. The first-order chi connectivity index (χ1) is 9.56. The minimum Gasteiger partial charge on any atom is -0.476 e. The summed E-state index contributed by atoms with van der Waals surface area (Å²) < 4.78 is 7.97. The van der Waals surface area contributed by atoms with Gasteiger partial charge in [0.15, 0.2) is 0 Å². The third-order valence-corrected chi connectivity index (χ3v) is 3.77. The molecule has 0 radical (unpaired) electrons. The highest BCUT2D eigenvalue weighted by Gasteiger charge is 2.15. The van der Waals surface area contributed by atoms with Gasteiger partial charge in [-0.3, -0.25) is 0 Å². The van der Waals surface area contributed by atoms with Gasteiger partial charge in [-0.25, -0.2) is 4.98 Å². The number of rotatable bonds is 6. The topological polar surface area (TPSA) is 47.3 Å². The Bertz CT molecular complexity index is 588. The zero-order valence-electron chi connectivity index (χ0n) is 12.8. The highest BCUT2D eigenvalue weighted by atomic mass is 16.5. The van der Waals surface area contributed by atoms with Crippen LogP contribution in [0.4, 0.5) is 0 Å². The molecule has 0 saturated carbocycles. The number of aliphatic hydroxyl groups excluding tert-OH is 1. The predicted octanol–water partition coefficient (Wildman–Crippen LogP) is 3.07. The summed E-state index contributed by atoms with van der Waals surface area (Å²) in [7, 11) is 0. The third-order valence-electron chi connectivity index (χ3n) is 3.77. The van der Waals surface area contributed by atoms with Crippen molar-refractivity contribution in [3.63, 3.8) is 0 Å². The lowest BCUT2D eigenvalue weighted by atomic mass is 10.1. The number of aromatic nitrogens is 2. The molecule has 4 nitrogen and oxygen atoms in total. The fourth-order valence-corrected chi connectivity index (χ4v) is 2.44. The normalized spacial score (nSPS) is 11.5. The van der Waals surface area contributed by atoms with Gasteiger partial charge in [-0.2, -0.15) is 0 Å². The molecule has 4 heteroatoms. The fraction of sp³-hybridized carbons (Fsp3) is 0.562. The summed E-state index contributed by atoms with van der Waals surface area (Å²) in [6, 6.07) is 2.01. The van der Waals surface area contributed by atoms with Gasteiger partial charge in [0, 0.05) is 23.8 Å². The van der Waals surface area contributed by atoms with E-state index in [1.54, 1.807) is 6.20 Å². The van der Waals surface area contributed by atoms with E-state index in [2.05, 4.69) is 37.2 Å².